The number of carbonyl (C=O) groups excluding carboxylic acids is 1. The lowest BCUT2D eigenvalue weighted by Gasteiger charge is -2.11. The number of rotatable bonds is 6. The summed E-state index contributed by atoms with van der Waals surface area (Å²) in [5, 5.41) is 2.83. The molecule has 0 unspecified atom stereocenters. The minimum absolute atomic E-state index is 0.0432. The average Bonchev–Trinajstić information content (AvgIpc) is 2.49. The van der Waals surface area contributed by atoms with Gasteiger partial charge in [-0.3, -0.25) is 9.52 Å². The van der Waals surface area contributed by atoms with Crippen LogP contribution < -0.4 is 10.0 Å². The second-order valence-electron chi connectivity index (χ2n) is 5.42. The third-order valence-electron chi connectivity index (χ3n) is 3.31. The van der Waals surface area contributed by atoms with Gasteiger partial charge in [0.25, 0.3) is 5.91 Å². The van der Waals surface area contributed by atoms with Crippen molar-refractivity contribution >= 4 is 43.2 Å². The Balaban J connectivity index is 2.17. The Kier molecular flexibility index (Phi) is 6.01. The zero-order valence-corrected chi connectivity index (χ0v) is 15.9. The lowest BCUT2D eigenvalue weighted by atomic mass is 10.1. The van der Waals surface area contributed by atoms with E-state index in [4.69, 9.17) is 0 Å². The first-order valence-electron chi connectivity index (χ1n) is 7.49. The Morgan fingerprint density at radius 1 is 1.17 bits per heavy atom. The van der Waals surface area contributed by atoms with Crippen molar-refractivity contribution < 1.29 is 13.2 Å². The summed E-state index contributed by atoms with van der Waals surface area (Å²) in [5.74, 6) is -0.251. The first-order chi connectivity index (χ1) is 11.3. The summed E-state index contributed by atoms with van der Waals surface area (Å²) in [6.45, 7) is 3.69. The fourth-order valence-corrected chi connectivity index (χ4v) is 3.79. The Bertz CT molecular complexity index is 851. The number of carbonyl (C=O) groups is 1. The molecule has 0 aliphatic carbocycles. The zero-order chi connectivity index (χ0) is 17.7. The standard InChI is InChI=1S/C17H19BrN2O3S/c1-3-9-24(22,23)20-15-6-4-5-13(11-15)17(21)19-16-8-7-14(18)10-12(16)2/h4-8,10-11,20H,3,9H2,1-2H3,(H,19,21). The van der Waals surface area contributed by atoms with E-state index >= 15 is 0 Å². The lowest BCUT2D eigenvalue weighted by molar-refractivity contribution is 0.102. The van der Waals surface area contributed by atoms with Crippen LogP contribution in [0.3, 0.4) is 0 Å². The summed E-state index contributed by atoms with van der Waals surface area (Å²) in [6.07, 6.45) is 0.526. The highest BCUT2D eigenvalue weighted by Gasteiger charge is 2.12. The van der Waals surface area contributed by atoms with E-state index in [-0.39, 0.29) is 11.7 Å². The van der Waals surface area contributed by atoms with E-state index in [0.29, 0.717) is 23.4 Å². The third-order valence-corrected chi connectivity index (χ3v) is 5.29. The summed E-state index contributed by atoms with van der Waals surface area (Å²) < 4.78 is 27.1. The van der Waals surface area contributed by atoms with Gasteiger partial charge in [0, 0.05) is 21.4 Å². The molecule has 0 fully saturated rings. The second-order valence-corrected chi connectivity index (χ2v) is 8.17. The highest BCUT2D eigenvalue weighted by Crippen LogP contribution is 2.21. The van der Waals surface area contributed by atoms with Gasteiger partial charge in [-0.1, -0.05) is 28.9 Å². The molecule has 2 rings (SSSR count). The number of anilines is 2. The fourth-order valence-electron chi connectivity index (χ4n) is 2.19. The van der Waals surface area contributed by atoms with Crippen LogP contribution in [0.2, 0.25) is 0 Å². The van der Waals surface area contributed by atoms with Gasteiger partial charge < -0.3 is 5.32 Å². The molecule has 128 valence electrons. The molecule has 0 heterocycles. The van der Waals surface area contributed by atoms with Gasteiger partial charge in [0.15, 0.2) is 0 Å². The maximum atomic E-state index is 12.4. The topological polar surface area (TPSA) is 75.3 Å². The van der Waals surface area contributed by atoms with E-state index < -0.39 is 10.0 Å². The molecule has 2 N–H and O–H groups in total. The summed E-state index contributed by atoms with van der Waals surface area (Å²) in [6, 6.07) is 12.0. The van der Waals surface area contributed by atoms with Crippen molar-refractivity contribution in [2.45, 2.75) is 20.3 Å². The fraction of sp³-hybridized carbons (Fsp3) is 0.235. The van der Waals surface area contributed by atoms with Crippen molar-refractivity contribution in [3.63, 3.8) is 0 Å². The Hall–Kier alpha value is -1.86. The minimum atomic E-state index is -3.38. The van der Waals surface area contributed by atoms with Crippen LogP contribution in [-0.4, -0.2) is 20.1 Å². The van der Waals surface area contributed by atoms with E-state index in [2.05, 4.69) is 26.0 Å². The van der Waals surface area contributed by atoms with E-state index in [9.17, 15) is 13.2 Å². The third kappa shape index (κ3) is 5.07. The molecular weight excluding hydrogens is 392 g/mol. The molecule has 2 aromatic rings. The number of halogens is 1. The first kappa shape index (κ1) is 18.5. The summed E-state index contributed by atoms with van der Waals surface area (Å²) in [7, 11) is -3.38. The predicted octanol–water partition coefficient (Wildman–Crippen LogP) is 4.16. The van der Waals surface area contributed by atoms with Crippen LogP contribution in [0.1, 0.15) is 29.3 Å². The van der Waals surface area contributed by atoms with Crippen LogP contribution in [0, 0.1) is 6.92 Å². The van der Waals surface area contributed by atoms with Crippen molar-refractivity contribution in [1.29, 1.82) is 0 Å². The zero-order valence-electron chi connectivity index (χ0n) is 13.5. The van der Waals surface area contributed by atoms with Gasteiger partial charge in [-0.25, -0.2) is 8.42 Å². The Morgan fingerprint density at radius 3 is 2.58 bits per heavy atom. The average molecular weight is 411 g/mol. The highest BCUT2D eigenvalue weighted by molar-refractivity contribution is 9.10. The second kappa shape index (κ2) is 7.81. The molecule has 0 aliphatic rings. The predicted molar refractivity (Wildman–Crippen MR) is 101 cm³/mol. The monoisotopic (exact) mass is 410 g/mol. The Morgan fingerprint density at radius 2 is 1.92 bits per heavy atom. The van der Waals surface area contributed by atoms with Gasteiger partial charge in [0.1, 0.15) is 0 Å². The first-order valence-corrected chi connectivity index (χ1v) is 9.93. The molecule has 0 radical (unpaired) electrons. The lowest BCUT2D eigenvalue weighted by Crippen LogP contribution is -2.17. The molecule has 0 saturated heterocycles. The Labute approximate surface area is 150 Å². The number of sulfonamides is 1. The van der Waals surface area contributed by atoms with Gasteiger partial charge in [-0.05, 0) is 55.3 Å². The van der Waals surface area contributed by atoms with E-state index in [1.807, 2.05) is 25.1 Å². The van der Waals surface area contributed by atoms with Crippen molar-refractivity contribution in [2.24, 2.45) is 0 Å². The molecule has 0 spiro atoms. The number of hydrogen-bond acceptors (Lipinski definition) is 3. The van der Waals surface area contributed by atoms with Crippen LogP contribution in [-0.2, 0) is 10.0 Å². The minimum Gasteiger partial charge on any atom is -0.322 e. The van der Waals surface area contributed by atoms with Crippen LogP contribution in [0.5, 0.6) is 0 Å². The smallest absolute Gasteiger partial charge is 0.255 e. The van der Waals surface area contributed by atoms with Gasteiger partial charge in [-0.15, -0.1) is 0 Å². The summed E-state index contributed by atoms with van der Waals surface area (Å²) in [5.41, 5.74) is 2.40. The molecule has 1 amide bonds. The molecule has 24 heavy (non-hydrogen) atoms. The highest BCUT2D eigenvalue weighted by atomic mass is 79.9. The van der Waals surface area contributed by atoms with E-state index in [0.717, 1.165) is 10.0 Å². The molecule has 2 aromatic carbocycles. The van der Waals surface area contributed by atoms with Gasteiger partial charge in [-0.2, -0.15) is 0 Å². The van der Waals surface area contributed by atoms with Gasteiger partial charge >= 0.3 is 0 Å². The SMILES string of the molecule is CCCS(=O)(=O)Nc1cccc(C(=O)Nc2ccc(Br)cc2C)c1. The maximum absolute atomic E-state index is 12.4. The van der Waals surface area contributed by atoms with Crippen LogP contribution >= 0.6 is 15.9 Å². The van der Waals surface area contributed by atoms with E-state index in [1.165, 1.54) is 6.07 Å². The van der Waals surface area contributed by atoms with Gasteiger partial charge in [0.2, 0.25) is 10.0 Å². The molecule has 0 bridgehead atoms. The molecular formula is C17H19BrN2O3S. The number of nitrogens with one attached hydrogen (secondary N) is 2. The van der Waals surface area contributed by atoms with Crippen molar-refractivity contribution in [1.82, 2.24) is 0 Å². The van der Waals surface area contributed by atoms with Crippen molar-refractivity contribution in [3.05, 3.63) is 58.1 Å². The van der Waals surface area contributed by atoms with E-state index in [1.54, 1.807) is 25.1 Å². The summed E-state index contributed by atoms with van der Waals surface area (Å²) in [4.78, 5) is 12.4. The maximum Gasteiger partial charge on any atom is 0.255 e. The molecule has 0 atom stereocenters. The van der Waals surface area contributed by atoms with Crippen LogP contribution in [0.25, 0.3) is 0 Å². The molecule has 0 aromatic heterocycles. The van der Waals surface area contributed by atoms with Gasteiger partial charge in [0.05, 0.1) is 5.75 Å². The molecule has 0 aliphatic heterocycles. The van der Waals surface area contributed by atoms with Crippen molar-refractivity contribution in [2.75, 3.05) is 15.8 Å². The summed E-state index contributed by atoms with van der Waals surface area (Å²) >= 11 is 3.38. The molecule has 0 saturated carbocycles. The van der Waals surface area contributed by atoms with Crippen LogP contribution in [0.15, 0.2) is 46.9 Å². The number of benzene rings is 2. The molecule has 5 nitrogen and oxygen atoms in total. The van der Waals surface area contributed by atoms with Crippen LogP contribution in [0.4, 0.5) is 11.4 Å². The normalized spacial score (nSPS) is 11.1. The quantitative estimate of drug-likeness (QED) is 0.750. The largest absolute Gasteiger partial charge is 0.322 e. The number of amides is 1. The number of aryl methyl sites for hydroxylation is 1. The van der Waals surface area contributed by atoms with Crippen molar-refractivity contribution in [3.8, 4) is 0 Å². The molecule has 7 heteroatoms. The number of hydrogen-bond donors (Lipinski definition) is 2.